The molecule has 0 bridgehead atoms. The van der Waals surface area contributed by atoms with Gasteiger partial charge in [-0.15, -0.1) is 0 Å². The van der Waals surface area contributed by atoms with Crippen LogP contribution >= 0.6 is 0 Å². The first-order chi connectivity index (χ1) is 8.20. The Balaban J connectivity index is 2.07. The molecule has 1 aromatic heterocycles. The number of methoxy groups -OCH3 is 1. The number of hydrogen-bond donors (Lipinski definition) is 1. The number of imidazole rings is 1. The Kier molecular flexibility index (Phi) is 3.44. The summed E-state index contributed by atoms with van der Waals surface area (Å²) < 4.78 is 7.07. The highest BCUT2D eigenvalue weighted by atomic mass is 16.5. The highest BCUT2D eigenvalue weighted by Gasteiger charge is 2.11. The Morgan fingerprint density at radius 2 is 2.06 bits per heavy atom. The van der Waals surface area contributed by atoms with Crippen molar-refractivity contribution < 1.29 is 4.74 Å². The lowest BCUT2D eigenvalue weighted by Crippen LogP contribution is -2.17. The van der Waals surface area contributed by atoms with E-state index in [-0.39, 0.29) is 6.04 Å². The highest BCUT2D eigenvalue weighted by Crippen LogP contribution is 2.17. The van der Waals surface area contributed by atoms with Crippen molar-refractivity contribution in [3.05, 3.63) is 48.0 Å². The Morgan fingerprint density at radius 1 is 1.35 bits per heavy atom. The zero-order valence-corrected chi connectivity index (χ0v) is 10.1. The van der Waals surface area contributed by atoms with Crippen LogP contribution in [0, 0.1) is 0 Å². The Labute approximate surface area is 101 Å². The maximum absolute atomic E-state index is 6.13. The highest BCUT2D eigenvalue weighted by molar-refractivity contribution is 5.28. The van der Waals surface area contributed by atoms with E-state index in [9.17, 15) is 0 Å². The minimum absolute atomic E-state index is 0.0802. The molecule has 2 aromatic rings. The van der Waals surface area contributed by atoms with E-state index >= 15 is 0 Å². The fourth-order valence-corrected chi connectivity index (χ4v) is 1.84. The summed E-state index contributed by atoms with van der Waals surface area (Å²) in [6, 6.07) is 7.87. The molecule has 1 aromatic carbocycles. The topological polar surface area (TPSA) is 53.1 Å². The first kappa shape index (κ1) is 11.7. The molecule has 0 saturated heterocycles. The van der Waals surface area contributed by atoms with Crippen molar-refractivity contribution in [1.29, 1.82) is 0 Å². The van der Waals surface area contributed by atoms with E-state index in [0.717, 1.165) is 18.0 Å². The van der Waals surface area contributed by atoms with E-state index in [1.807, 2.05) is 42.1 Å². The molecule has 0 spiro atoms. The fraction of sp³-hybridized carbons (Fsp3) is 0.308. The van der Waals surface area contributed by atoms with Gasteiger partial charge in [0, 0.05) is 19.4 Å². The molecular formula is C13H17N3O. The van der Waals surface area contributed by atoms with Crippen LogP contribution < -0.4 is 10.5 Å². The van der Waals surface area contributed by atoms with Crippen LogP contribution in [0.3, 0.4) is 0 Å². The van der Waals surface area contributed by atoms with Crippen LogP contribution in [0.25, 0.3) is 0 Å². The average Bonchev–Trinajstić information content (AvgIpc) is 2.76. The van der Waals surface area contributed by atoms with Gasteiger partial charge < -0.3 is 15.0 Å². The van der Waals surface area contributed by atoms with Crippen LogP contribution in [0.1, 0.15) is 17.4 Å². The summed E-state index contributed by atoms with van der Waals surface area (Å²) in [5.41, 5.74) is 7.31. The first-order valence-corrected chi connectivity index (χ1v) is 5.56. The molecule has 0 aliphatic carbocycles. The summed E-state index contributed by atoms with van der Waals surface area (Å²) in [6.45, 7) is 0. The van der Waals surface area contributed by atoms with Gasteiger partial charge in [-0.05, 0) is 24.1 Å². The monoisotopic (exact) mass is 231 g/mol. The van der Waals surface area contributed by atoms with Gasteiger partial charge in [0.2, 0.25) is 0 Å². The molecule has 1 unspecified atom stereocenters. The Hall–Kier alpha value is -1.81. The van der Waals surface area contributed by atoms with Crippen molar-refractivity contribution in [2.75, 3.05) is 7.11 Å². The zero-order valence-electron chi connectivity index (χ0n) is 10.1. The van der Waals surface area contributed by atoms with Crippen molar-refractivity contribution in [3.8, 4) is 5.75 Å². The zero-order chi connectivity index (χ0) is 12.3. The van der Waals surface area contributed by atoms with E-state index in [2.05, 4.69) is 4.98 Å². The Morgan fingerprint density at radius 3 is 2.59 bits per heavy atom. The molecule has 90 valence electrons. The van der Waals surface area contributed by atoms with Gasteiger partial charge in [0.15, 0.2) is 0 Å². The van der Waals surface area contributed by atoms with Gasteiger partial charge in [0.25, 0.3) is 0 Å². The predicted octanol–water partition coefficient (Wildman–Crippen LogP) is 1.67. The van der Waals surface area contributed by atoms with E-state index in [0.29, 0.717) is 0 Å². The minimum Gasteiger partial charge on any atom is -0.497 e. The quantitative estimate of drug-likeness (QED) is 0.870. The number of nitrogens with two attached hydrogens (primary N) is 1. The SMILES string of the molecule is COc1ccc(CC(N)c2nccn2C)cc1. The standard InChI is InChI=1S/C13H17N3O/c1-16-8-7-15-13(16)12(14)9-10-3-5-11(17-2)6-4-10/h3-8,12H,9,14H2,1-2H3. The second-order valence-electron chi connectivity index (χ2n) is 4.06. The average molecular weight is 231 g/mol. The van der Waals surface area contributed by atoms with Crippen molar-refractivity contribution >= 4 is 0 Å². The number of benzene rings is 1. The largest absolute Gasteiger partial charge is 0.497 e. The van der Waals surface area contributed by atoms with Gasteiger partial charge >= 0.3 is 0 Å². The summed E-state index contributed by atoms with van der Waals surface area (Å²) in [5.74, 6) is 1.76. The third-order valence-corrected chi connectivity index (χ3v) is 2.80. The molecule has 1 heterocycles. The molecule has 2 N–H and O–H groups in total. The van der Waals surface area contributed by atoms with Crippen LogP contribution in [0.15, 0.2) is 36.7 Å². The summed E-state index contributed by atoms with van der Waals surface area (Å²) in [6.07, 6.45) is 4.45. The summed E-state index contributed by atoms with van der Waals surface area (Å²) >= 11 is 0. The molecular weight excluding hydrogens is 214 g/mol. The molecule has 17 heavy (non-hydrogen) atoms. The van der Waals surface area contributed by atoms with Crippen LogP contribution in [0.2, 0.25) is 0 Å². The molecule has 4 nitrogen and oxygen atoms in total. The first-order valence-electron chi connectivity index (χ1n) is 5.56. The molecule has 1 atom stereocenters. The fourth-order valence-electron chi connectivity index (χ4n) is 1.84. The smallest absolute Gasteiger partial charge is 0.125 e. The van der Waals surface area contributed by atoms with Gasteiger partial charge in [0.1, 0.15) is 11.6 Å². The van der Waals surface area contributed by atoms with Crippen LogP contribution in [0.4, 0.5) is 0 Å². The molecule has 0 amide bonds. The second kappa shape index (κ2) is 5.01. The van der Waals surface area contributed by atoms with Gasteiger partial charge in [-0.25, -0.2) is 4.98 Å². The van der Waals surface area contributed by atoms with E-state index in [4.69, 9.17) is 10.5 Å². The summed E-state index contributed by atoms with van der Waals surface area (Å²) in [5, 5.41) is 0. The number of aryl methyl sites for hydroxylation is 1. The third-order valence-electron chi connectivity index (χ3n) is 2.80. The van der Waals surface area contributed by atoms with Crippen LogP contribution in [-0.2, 0) is 13.5 Å². The maximum Gasteiger partial charge on any atom is 0.125 e. The van der Waals surface area contributed by atoms with Crippen LogP contribution in [-0.4, -0.2) is 16.7 Å². The summed E-state index contributed by atoms with van der Waals surface area (Å²) in [7, 11) is 3.62. The number of aromatic nitrogens is 2. The van der Waals surface area contributed by atoms with Crippen molar-refractivity contribution in [1.82, 2.24) is 9.55 Å². The molecule has 2 rings (SSSR count). The second-order valence-corrected chi connectivity index (χ2v) is 4.06. The van der Waals surface area contributed by atoms with Crippen molar-refractivity contribution in [2.24, 2.45) is 12.8 Å². The third kappa shape index (κ3) is 2.65. The van der Waals surface area contributed by atoms with E-state index < -0.39 is 0 Å². The van der Waals surface area contributed by atoms with Crippen molar-refractivity contribution in [2.45, 2.75) is 12.5 Å². The molecule has 0 aliphatic rings. The molecule has 0 aliphatic heterocycles. The number of nitrogens with zero attached hydrogens (tertiary/aromatic N) is 2. The lowest BCUT2D eigenvalue weighted by atomic mass is 10.1. The molecule has 0 fully saturated rings. The number of rotatable bonds is 4. The van der Waals surface area contributed by atoms with Gasteiger partial charge in [-0.2, -0.15) is 0 Å². The predicted molar refractivity (Wildman–Crippen MR) is 66.8 cm³/mol. The van der Waals surface area contributed by atoms with Crippen molar-refractivity contribution in [3.63, 3.8) is 0 Å². The van der Waals surface area contributed by atoms with E-state index in [1.54, 1.807) is 13.3 Å². The lowest BCUT2D eigenvalue weighted by Gasteiger charge is -2.11. The van der Waals surface area contributed by atoms with Gasteiger partial charge in [-0.1, -0.05) is 12.1 Å². The van der Waals surface area contributed by atoms with E-state index in [1.165, 1.54) is 5.56 Å². The number of hydrogen-bond acceptors (Lipinski definition) is 3. The van der Waals surface area contributed by atoms with Gasteiger partial charge in [-0.3, -0.25) is 0 Å². The lowest BCUT2D eigenvalue weighted by molar-refractivity contribution is 0.414. The maximum atomic E-state index is 6.13. The summed E-state index contributed by atoms with van der Waals surface area (Å²) in [4.78, 5) is 4.26. The minimum atomic E-state index is -0.0802. The molecule has 0 saturated carbocycles. The Bertz CT molecular complexity index is 476. The van der Waals surface area contributed by atoms with Crippen LogP contribution in [0.5, 0.6) is 5.75 Å². The normalized spacial score (nSPS) is 12.4. The van der Waals surface area contributed by atoms with Gasteiger partial charge in [0.05, 0.1) is 13.2 Å². The molecule has 4 heteroatoms. The number of ether oxygens (including phenoxy) is 1. The molecule has 0 radical (unpaired) electrons.